The zero-order chi connectivity index (χ0) is 13.9. The van der Waals surface area contributed by atoms with Crippen molar-refractivity contribution >= 4 is 0 Å². The lowest BCUT2D eigenvalue weighted by Gasteiger charge is -2.45. The van der Waals surface area contributed by atoms with Crippen LogP contribution in [0.1, 0.15) is 66.2 Å². The summed E-state index contributed by atoms with van der Waals surface area (Å²) in [4.78, 5) is 2.81. The van der Waals surface area contributed by atoms with E-state index in [9.17, 15) is 0 Å². The normalized spacial score (nSPS) is 35.7. The Balaban J connectivity index is 1.97. The van der Waals surface area contributed by atoms with Gasteiger partial charge in [-0.3, -0.25) is 4.90 Å². The highest BCUT2D eigenvalue weighted by molar-refractivity contribution is 4.96. The Bertz CT molecular complexity index is 274. The molecule has 2 fully saturated rings. The third-order valence-corrected chi connectivity index (χ3v) is 5.31. The van der Waals surface area contributed by atoms with Crippen molar-refractivity contribution in [2.75, 3.05) is 19.6 Å². The lowest BCUT2D eigenvalue weighted by atomic mass is 9.72. The molecular weight excluding hydrogens is 232 g/mol. The van der Waals surface area contributed by atoms with Gasteiger partial charge in [0.15, 0.2) is 0 Å². The molecule has 1 saturated heterocycles. The van der Waals surface area contributed by atoms with Gasteiger partial charge in [-0.2, -0.15) is 0 Å². The van der Waals surface area contributed by atoms with E-state index in [4.69, 9.17) is 0 Å². The first-order chi connectivity index (χ1) is 9.05. The second-order valence-corrected chi connectivity index (χ2v) is 7.58. The molecule has 3 unspecified atom stereocenters. The van der Waals surface area contributed by atoms with E-state index in [-0.39, 0.29) is 0 Å². The maximum absolute atomic E-state index is 3.75. The average molecular weight is 266 g/mol. The first-order valence-corrected chi connectivity index (χ1v) is 8.53. The molecule has 1 aliphatic heterocycles. The SMILES string of the molecule is CCCC1CCN(C2CC(C)(C)CCC2NCC)C1. The molecule has 2 heteroatoms. The van der Waals surface area contributed by atoms with Gasteiger partial charge < -0.3 is 5.32 Å². The van der Waals surface area contributed by atoms with Crippen LogP contribution in [0.3, 0.4) is 0 Å². The van der Waals surface area contributed by atoms with Crippen molar-refractivity contribution in [3.05, 3.63) is 0 Å². The summed E-state index contributed by atoms with van der Waals surface area (Å²) >= 11 is 0. The fourth-order valence-electron chi connectivity index (χ4n) is 4.24. The first-order valence-electron chi connectivity index (χ1n) is 8.53. The summed E-state index contributed by atoms with van der Waals surface area (Å²) in [5.74, 6) is 0.970. The zero-order valence-corrected chi connectivity index (χ0v) is 13.5. The van der Waals surface area contributed by atoms with Crippen LogP contribution in [0, 0.1) is 11.3 Å². The van der Waals surface area contributed by atoms with Crippen LogP contribution in [0.15, 0.2) is 0 Å². The van der Waals surface area contributed by atoms with Crippen LogP contribution >= 0.6 is 0 Å². The second-order valence-electron chi connectivity index (χ2n) is 7.58. The molecule has 112 valence electrons. The van der Waals surface area contributed by atoms with Crippen LogP contribution in [-0.2, 0) is 0 Å². The van der Waals surface area contributed by atoms with Crippen molar-refractivity contribution in [2.24, 2.45) is 11.3 Å². The third-order valence-electron chi connectivity index (χ3n) is 5.31. The number of rotatable bonds is 5. The molecule has 1 saturated carbocycles. The maximum atomic E-state index is 3.75. The minimum atomic E-state index is 0.541. The number of nitrogens with one attached hydrogen (secondary N) is 1. The minimum Gasteiger partial charge on any atom is -0.313 e. The molecular formula is C17H34N2. The van der Waals surface area contributed by atoms with Crippen molar-refractivity contribution in [2.45, 2.75) is 78.3 Å². The molecule has 0 radical (unpaired) electrons. The molecule has 3 atom stereocenters. The summed E-state index contributed by atoms with van der Waals surface area (Å²) < 4.78 is 0. The monoisotopic (exact) mass is 266 g/mol. The summed E-state index contributed by atoms with van der Waals surface area (Å²) in [7, 11) is 0. The summed E-state index contributed by atoms with van der Waals surface area (Å²) in [5.41, 5.74) is 0.541. The van der Waals surface area contributed by atoms with Gasteiger partial charge in [0.1, 0.15) is 0 Å². The predicted molar refractivity (Wildman–Crippen MR) is 83.5 cm³/mol. The van der Waals surface area contributed by atoms with Gasteiger partial charge in [0, 0.05) is 18.6 Å². The van der Waals surface area contributed by atoms with Gasteiger partial charge in [0.25, 0.3) is 0 Å². The molecule has 1 heterocycles. The quantitative estimate of drug-likeness (QED) is 0.817. The molecule has 0 aromatic carbocycles. The van der Waals surface area contributed by atoms with Crippen LogP contribution in [0.2, 0.25) is 0 Å². The summed E-state index contributed by atoms with van der Waals surface area (Å²) in [5, 5.41) is 3.75. The van der Waals surface area contributed by atoms with E-state index in [2.05, 4.69) is 37.9 Å². The van der Waals surface area contributed by atoms with Gasteiger partial charge in [0.05, 0.1) is 0 Å². The van der Waals surface area contributed by atoms with E-state index >= 15 is 0 Å². The Kier molecular flexibility index (Phi) is 5.30. The minimum absolute atomic E-state index is 0.541. The number of likely N-dealkylation sites (N-methyl/N-ethyl adjacent to an activating group) is 1. The Labute approximate surface area is 120 Å². The maximum Gasteiger partial charge on any atom is 0.0254 e. The number of nitrogens with zero attached hydrogens (tertiary/aromatic N) is 1. The molecule has 1 N–H and O–H groups in total. The summed E-state index contributed by atoms with van der Waals surface area (Å²) in [6, 6.07) is 1.52. The first kappa shape index (κ1) is 15.3. The van der Waals surface area contributed by atoms with Gasteiger partial charge in [-0.1, -0.05) is 34.1 Å². The van der Waals surface area contributed by atoms with Gasteiger partial charge in [0.2, 0.25) is 0 Å². The highest BCUT2D eigenvalue weighted by Gasteiger charge is 2.39. The van der Waals surface area contributed by atoms with E-state index in [1.807, 2.05) is 0 Å². The Morgan fingerprint density at radius 3 is 2.68 bits per heavy atom. The van der Waals surface area contributed by atoms with Gasteiger partial charge >= 0.3 is 0 Å². The van der Waals surface area contributed by atoms with Crippen LogP contribution in [0.5, 0.6) is 0 Å². The Morgan fingerprint density at radius 2 is 2.00 bits per heavy atom. The van der Waals surface area contributed by atoms with Crippen LogP contribution in [0.4, 0.5) is 0 Å². The standard InChI is InChI=1S/C17H34N2/c1-5-7-14-9-11-19(13-14)16-12-17(3,4)10-8-15(16)18-6-2/h14-16,18H,5-13H2,1-4H3. The van der Waals surface area contributed by atoms with Crippen molar-refractivity contribution in [3.63, 3.8) is 0 Å². The molecule has 2 nitrogen and oxygen atoms in total. The summed E-state index contributed by atoms with van der Waals surface area (Å²) in [6.45, 7) is 13.3. The smallest absolute Gasteiger partial charge is 0.0254 e. The fourth-order valence-corrected chi connectivity index (χ4v) is 4.24. The molecule has 2 rings (SSSR count). The highest BCUT2D eigenvalue weighted by Crippen LogP contribution is 2.39. The van der Waals surface area contributed by atoms with E-state index < -0.39 is 0 Å². The van der Waals surface area contributed by atoms with Crippen molar-refractivity contribution < 1.29 is 0 Å². The predicted octanol–water partition coefficient (Wildman–Crippen LogP) is 3.67. The second kappa shape index (κ2) is 6.58. The molecule has 19 heavy (non-hydrogen) atoms. The average Bonchev–Trinajstić information content (AvgIpc) is 2.80. The van der Waals surface area contributed by atoms with E-state index in [1.165, 1.54) is 51.6 Å². The van der Waals surface area contributed by atoms with Gasteiger partial charge in [-0.05, 0) is 56.5 Å². The Hall–Kier alpha value is -0.0800. The fraction of sp³-hybridized carbons (Fsp3) is 1.00. The zero-order valence-electron chi connectivity index (χ0n) is 13.5. The van der Waals surface area contributed by atoms with Crippen LogP contribution in [0.25, 0.3) is 0 Å². The van der Waals surface area contributed by atoms with Crippen molar-refractivity contribution in [1.29, 1.82) is 0 Å². The van der Waals surface area contributed by atoms with Crippen LogP contribution < -0.4 is 5.32 Å². The highest BCUT2D eigenvalue weighted by atomic mass is 15.2. The number of hydrogen-bond donors (Lipinski definition) is 1. The Morgan fingerprint density at radius 1 is 1.21 bits per heavy atom. The largest absolute Gasteiger partial charge is 0.313 e. The topological polar surface area (TPSA) is 15.3 Å². The van der Waals surface area contributed by atoms with Crippen molar-refractivity contribution in [3.8, 4) is 0 Å². The number of likely N-dealkylation sites (tertiary alicyclic amines) is 1. The summed E-state index contributed by atoms with van der Waals surface area (Å²) in [6.07, 6.45) is 8.34. The van der Waals surface area contributed by atoms with Crippen molar-refractivity contribution in [1.82, 2.24) is 10.2 Å². The molecule has 0 amide bonds. The van der Waals surface area contributed by atoms with Crippen LogP contribution in [-0.4, -0.2) is 36.6 Å². The molecule has 0 aromatic heterocycles. The van der Waals surface area contributed by atoms with Gasteiger partial charge in [-0.25, -0.2) is 0 Å². The van der Waals surface area contributed by atoms with E-state index in [0.29, 0.717) is 5.41 Å². The molecule has 0 aromatic rings. The molecule has 2 aliphatic rings. The third kappa shape index (κ3) is 3.95. The van der Waals surface area contributed by atoms with E-state index in [0.717, 1.165) is 24.5 Å². The lowest BCUT2D eigenvalue weighted by molar-refractivity contribution is 0.0786. The number of hydrogen-bond acceptors (Lipinski definition) is 2. The molecule has 0 spiro atoms. The molecule has 1 aliphatic carbocycles. The molecule has 0 bridgehead atoms. The van der Waals surface area contributed by atoms with Gasteiger partial charge in [-0.15, -0.1) is 0 Å². The van der Waals surface area contributed by atoms with E-state index in [1.54, 1.807) is 0 Å². The lowest BCUT2D eigenvalue weighted by Crippen LogP contribution is -2.54.